The van der Waals surface area contributed by atoms with Crippen LogP contribution in [0.4, 0.5) is 0 Å². The smallest absolute Gasteiger partial charge is 0.0640 e. The van der Waals surface area contributed by atoms with Crippen molar-refractivity contribution in [3.05, 3.63) is 18.0 Å². The van der Waals surface area contributed by atoms with Crippen molar-refractivity contribution in [1.29, 1.82) is 0 Å². The predicted octanol–water partition coefficient (Wildman–Crippen LogP) is 3.81. The zero-order chi connectivity index (χ0) is 14.3. The Morgan fingerprint density at radius 1 is 1.11 bits per heavy atom. The summed E-state index contributed by atoms with van der Waals surface area (Å²) in [6.07, 6.45) is 7.95. The van der Waals surface area contributed by atoms with E-state index in [1.165, 1.54) is 18.5 Å². The summed E-state index contributed by atoms with van der Waals surface area (Å²) in [6, 6.07) is 3.28. The van der Waals surface area contributed by atoms with Gasteiger partial charge in [-0.15, -0.1) is 0 Å². The quantitative estimate of drug-likeness (QED) is 0.736. The van der Waals surface area contributed by atoms with Crippen LogP contribution < -0.4 is 5.32 Å². The summed E-state index contributed by atoms with van der Waals surface area (Å²) in [6.45, 7) is 9.02. The molecule has 0 aliphatic rings. The van der Waals surface area contributed by atoms with Crippen LogP contribution >= 0.6 is 0 Å². The van der Waals surface area contributed by atoms with Crippen molar-refractivity contribution < 1.29 is 0 Å². The van der Waals surface area contributed by atoms with E-state index in [0.717, 1.165) is 25.2 Å². The van der Waals surface area contributed by atoms with Crippen LogP contribution in [-0.2, 0) is 6.42 Å². The van der Waals surface area contributed by atoms with E-state index in [2.05, 4.69) is 57.0 Å². The van der Waals surface area contributed by atoms with Crippen LogP contribution in [0.25, 0.3) is 0 Å². The molecule has 0 aliphatic heterocycles. The molecular weight excluding hydrogens is 234 g/mol. The van der Waals surface area contributed by atoms with E-state index in [9.17, 15) is 0 Å². The molecule has 1 rings (SSSR count). The van der Waals surface area contributed by atoms with Crippen molar-refractivity contribution in [2.24, 2.45) is 5.92 Å². The van der Waals surface area contributed by atoms with Gasteiger partial charge in [-0.25, -0.2) is 0 Å². The maximum atomic E-state index is 4.77. The molecule has 0 aromatic carbocycles. The first-order chi connectivity index (χ1) is 9.19. The second-order valence-electron chi connectivity index (χ2n) is 5.43. The van der Waals surface area contributed by atoms with Crippen LogP contribution in [0.1, 0.15) is 65.1 Å². The van der Waals surface area contributed by atoms with E-state index < -0.39 is 0 Å². The van der Waals surface area contributed by atoms with Gasteiger partial charge in [-0.2, -0.15) is 5.10 Å². The van der Waals surface area contributed by atoms with Crippen molar-refractivity contribution in [2.75, 3.05) is 7.05 Å². The third-order valence-corrected chi connectivity index (χ3v) is 4.40. The van der Waals surface area contributed by atoms with Gasteiger partial charge in [-0.1, -0.05) is 40.5 Å². The van der Waals surface area contributed by atoms with Crippen LogP contribution in [0, 0.1) is 5.92 Å². The summed E-state index contributed by atoms with van der Waals surface area (Å²) < 4.78 is 2.15. The molecule has 110 valence electrons. The molecule has 1 aromatic heterocycles. The summed E-state index contributed by atoms with van der Waals surface area (Å²) in [5, 5.41) is 8.24. The number of nitrogens with one attached hydrogen (secondary N) is 1. The molecule has 0 saturated carbocycles. The van der Waals surface area contributed by atoms with E-state index in [0.29, 0.717) is 12.1 Å². The fourth-order valence-corrected chi connectivity index (χ4v) is 2.94. The van der Waals surface area contributed by atoms with Crippen LogP contribution in [0.15, 0.2) is 12.3 Å². The predicted molar refractivity (Wildman–Crippen MR) is 82.5 cm³/mol. The lowest BCUT2D eigenvalue weighted by molar-refractivity contribution is 0.344. The Balaban J connectivity index is 2.70. The Hall–Kier alpha value is -0.830. The highest BCUT2D eigenvalue weighted by Crippen LogP contribution is 2.18. The first-order valence-electron chi connectivity index (χ1n) is 7.91. The minimum Gasteiger partial charge on any atom is -0.316 e. The molecule has 0 fully saturated rings. The van der Waals surface area contributed by atoms with Gasteiger partial charge in [0.05, 0.1) is 11.7 Å². The Labute approximate surface area is 118 Å². The van der Waals surface area contributed by atoms with E-state index in [4.69, 9.17) is 5.10 Å². The molecule has 1 N–H and O–H groups in total. The van der Waals surface area contributed by atoms with E-state index in [-0.39, 0.29) is 0 Å². The van der Waals surface area contributed by atoms with Gasteiger partial charge in [0.15, 0.2) is 0 Å². The minimum absolute atomic E-state index is 0.542. The largest absolute Gasteiger partial charge is 0.316 e. The molecule has 1 unspecified atom stereocenters. The summed E-state index contributed by atoms with van der Waals surface area (Å²) >= 11 is 0. The molecule has 0 spiro atoms. The third kappa shape index (κ3) is 4.34. The molecule has 0 bridgehead atoms. The minimum atomic E-state index is 0.542. The van der Waals surface area contributed by atoms with Crippen molar-refractivity contribution in [2.45, 2.75) is 71.9 Å². The number of hydrogen-bond acceptors (Lipinski definition) is 2. The second kappa shape index (κ2) is 8.36. The molecule has 0 saturated heterocycles. The van der Waals surface area contributed by atoms with Crippen LogP contribution in [0.3, 0.4) is 0 Å². The first-order valence-corrected chi connectivity index (χ1v) is 7.91. The van der Waals surface area contributed by atoms with Crippen LogP contribution in [0.5, 0.6) is 0 Å². The third-order valence-electron chi connectivity index (χ3n) is 4.40. The molecule has 0 radical (unpaired) electrons. The molecular formula is C16H31N3. The van der Waals surface area contributed by atoms with Gasteiger partial charge >= 0.3 is 0 Å². The maximum Gasteiger partial charge on any atom is 0.0640 e. The Morgan fingerprint density at radius 2 is 1.74 bits per heavy atom. The van der Waals surface area contributed by atoms with Crippen molar-refractivity contribution >= 4 is 0 Å². The lowest BCUT2D eigenvalue weighted by Gasteiger charge is -2.24. The number of likely N-dealkylation sites (N-methyl/N-ethyl adjacent to an activating group) is 1. The highest BCUT2D eigenvalue weighted by molar-refractivity contribution is 5.03. The number of hydrogen-bond donors (Lipinski definition) is 1. The SMILES string of the molecule is CCC(CC)C(Cc1ccn(C(CC)CC)n1)NC. The van der Waals surface area contributed by atoms with Gasteiger partial charge in [0, 0.05) is 18.7 Å². The topological polar surface area (TPSA) is 29.9 Å². The molecule has 19 heavy (non-hydrogen) atoms. The fourth-order valence-electron chi connectivity index (χ4n) is 2.94. The van der Waals surface area contributed by atoms with Crippen molar-refractivity contribution in [3.8, 4) is 0 Å². The summed E-state index contributed by atoms with van der Waals surface area (Å²) in [7, 11) is 2.07. The maximum absolute atomic E-state index is 4.77. The second-order valence-corrected chi connectivity index (χ2v) is 5.43. The number of nitrogens with zero attached hydrogens (tertiary/aromatic N) is 2. The highest BCUT2D eigenvalue weighted by atomic mass is 15.3. The lowest BCUT2D eigenvalue weighted by atomic mass is 9.91. The van der Waals surface area contributed by atoms with Crippen LogP contribution in [0.2, 0.25) is 0 Å². The van der Waals surface area contributed by atoms with Gasteiger partial charge in [0.2, 0.25) is 0 Å². The van der Waals surface area contributed by atoms with Gasteiger partial charge in [0.1, 0.15) is 0 Å². The Kier molecular flexibility index (Phi) is 7.14. The van der Waals surface area contributed by atoms with E-state index >= 15 is 0 Å². The lowest BCUT2D eigenvalue weighted by Crippen LogP contribution is -2.35. The average Bonchev–Trinajstić information content (AvgIpc) is 2.89. The van der Waals surface area contributed by atoms with Crippen molar-refractivity contribution in [3.63, 3.8) is 0 Å². The van der Waals surface area contributed by atoms with Gasteiger partial charge in [-0.05, 0) is 31.9 Å². The Bertz CT molecular complexity index is 338. The van der Waals surface area contributed by atoms with Gasteiger partial charge < -0.3 is 5.32 Å². The Morgan fingerprint density at radius 3 is 2.21 bits per heavy atom. The molecule has 1 atom stereocenters. The average molecular weight is 265 g/mol. The molecule has 0 amide bonds. The normalized spacial score (nSPS) is 13.4. The number of aromatic nitrogens is 2. The zero-order valence-electron chi connectivity index (χ0n) is 13.3. The van der Waals surface area contributed by atoms with Crippen LogP contribution in [-0.4, -0.2) is 22.9 Å². The van der Waals surface area contributed by atoms with E-state index in [1.54, 1.807) is 0 Å². The van der Waals surface area contributed by atoms with E-state index in [1.807, 2.05) is 0 Å². The highest BCUT2D eigenvalue weighted by Gasteiger charge is 2.18. The first kappa shape index (κ1) is 16.2. The fraction of sp³-hybridized carbons (Fsp3) is 0.812. The monoisotopic (exact) mass is 265 g/mol. The number of rotatable bonds is 9. The summed E-state index contributed by atoms with van der Waals surface area (Å²) in [5.74, 6) is 0.739. The summed E-state index contributed by atoms with van der Waals surface area (Å²) in [5.41, 5.74) is 1.22. The molecule has 3 nitrogen and oxygen atoms in total. The standard InChI is InChI=1S/C16H31N3/c1-6-13(7-2)16(17-5)12-14-10-11-19(18-14)15(8-3)9-4/h10-11,13,15-17H,6-9,12H2,1-5H3. The molecule has 1 aromatic rings. The van der Waals surface area contributed by atoms with Crippen molar-refractivity contribution in [1.82, 2.24) is 15.1 Å². The zero-order valence-corrected chi connectivity index (χ0v) is 13.3. The summed E-state index contributed by atoms with van der Waals surface area (Å²) in [4.78, 5) is 0. The molecule has 3 heteroatoms. The molecule has 0 aliphatic carbocycles. The van der Waals surface area contributed by atoms with Gasteiger partial charge in [0.25, 0.3) is 0 Å². The van der Waals surface area contributed by atoms with Gasteiger partial charge in [-0.3, -0.25) is 4.68 Å². The molecule has 1 heterocycles.